The number of hydrogen-bond donors (Lipinski definition) is 0. The van der Waals surface area contributed by atoms with Gasteiger partial charge in [0.05, 0.1) is 12.2 Å². The Hall–Kier alpha value is -3.22. The molecule has 0 unspecified atom stereocenters. The summed E-state index contributed by atoms with van der Waals surface area (Å²) in [5.74, 6) is 0.214. The van der Waals surface area contributed by atoms with Gasteiger partial charge in [0.1, 0.15) is 11.3 Å². The fraction of sp³-hybridized carbons (Fsp3) is 0.300. The van der Waals surface area contributed by atoms with Gasteiger partial charge in [0.25, 0.3) is 11.5 Å². The molecule has 0 radical (unpaired) electrons. The second-order valence-corrected chi connectivity index (χ2v) is 6.87. The van der Waals surface area contributed by atoms with Crippen LogP contribution in [0.3, 0.4) is 0 Å². The number of aromatic nitrogens is 3. The first-order chi connectivity index (χ1) is 13.0. The predicted octanol–water partition coefficient (Wildman–Crippen LogP) is 2.81. The summed E-state index contributed by atoms with van der Waals surface area (Å²) in [6, 6.07) is 9.35. The first-order valence-electron chi connectivity index (χ1n) is 8.89. The monoisotopic (exact) mass is 364 g/mol. The van der Waals surface area contributed by atoms with E-state index in [0.717, 1.165) is 12.8 Å². The summed E-state index contributed by atoms with van der Waals surface area (Å²) in [5, 5.41) is 4.01. The Kier molecular flexibility index (Phi) is 4.35. The average molecular weight is 364 g/mol. The lowest BCUT2D eigenvalue weighted by molar-refractivity contribution is 0.0769. The molecular weight excluding hydrogens is 344 g/mol. The largest absolute Gasteiger partial charge is 0.359 e. The molecule has 3 heterocycles. The van der Waals surface area contributed by atoms with Gasteiger partial charge in [0, 0.05) is 31.5 Å². The minimum Gasteiger partial charge on any atom is -0.359 e. The van der Waals surface area contributed by atoms with E-state index in [0.29, 0.717) is 22.7 Å². The van der Waals surface area contributed by atoms with Crippen LogP contribution in [-0.4, -0.2) is 32.6 Å². The molecular formula is C20H20N4O3. The van der Waals surface area contributed by atoms with E-state index in [-0.39, 0.29) is 29.6 Å². The number of carbonyl (C=O) groups excluding carboxylic acids is 1. The molecule has 3 aromatic rings. The lowest BCUT2D eigenvalue weighted by Gasteiger charge is -2.17. The van der Waals surface area contributed by atoms with Crippen molar-refractivity contribution in [2.45, 2.75) is 32.4 Å². The standard InChI is InChI=1S/C20H20N4O3/c1-13-8-10-24(14-6-7-14)20(26)18(13)19(25)23(2)12-15-11-17(22-27-15)16-5-3-4-9-21-16/h3-5,8-11,14H,6-7,12H2,1-2H3. The molecule has 1 fully saturated rings. The van der Waals surface area contributed by atoms with Gasteiger partial charge < -0.3 is 14.0 Å². The second kappa shape index (κ2) is 6.83. The number of pyridine rings is 2. The van der Waals surface area contributed by atoms with Gasteiger partial charge in [0.15, 0.2) is 5.76 Å². The van der Waals surface area contributed by atoms with Crippen LogP contribution in [0.1, 0.15) is 40.6 Å². The van der Waals surface area contributed by atoms with E-state index in [1.807, 2.05) is 24.3 Å². The quantitative estimate of drug-likeness (QED) is 0.695. The SMILES string of the molecule is Cc1ccn(C2CC2)c(=O)c1C(=O)N(C)Cc1cc(-c2ccccn2)no1. The highest BCUT2D eigenvalue weighted by atomic mass is 16.5. The first kappa shape index (κ1) is 17.2. The molecule has 27 heavy (non-hydrogen) atoms. The molecule has 0 aromatic carbocycles. The van der Waals surface area contributed by atoms with Crippen LogP contribution in [0.25, 0.3) is 11.4 Å². The van der Waals surface area contributed by atoms with Gasteiger partial charge >= 0.3 is 0 Å². The molecule has 0 bridgehead atoms. The summed E-state index contributed by atoms with van der Waals surface area (Å²) < 4.78 is 7.01. The van der Waals surface area contributed by atoms with Gasteiger partial charge in [-0.05, 0) is 43.5 Å². The molecule has 1 aliphatic carbocycles. The highest BCUT2D eigenvalue weighted by Gasteiger charge is 2.28. The topological polar surface area (TPSA) is 81.2 Å². The first-order valence-corrected chi connectivity index (χ1v) is 8.89. The van der Waals surface area contributed by atoms with Crippen LogP contribution in [0.2, 0.25) is 0 Å². The maximum atomic E-state index is 12.9. The normalized spacial score (nSPS) is 13.6. The van der Waals surface area contributed by atoms with Crippen molar-refractivity contribution >= 4 is 5.91 Å². The maximum absolute atomic E-state index is 12.9. The van der Waals surface area contributed by atoms with Crippen molar-refractivity contribution in [2.75, 3.05) is 7.05 Å². The van der Waals surface area contributed by atoms with Crippen molar-refractivity contribution < 1.29 is 9.32 Å². The minimum atomic E-state index is -0.316. The Labute approximate surface area is 156 Å². The molecule has 0 spiro atoms. The summed E-state index contributed by atoms with van der Waals surface area (Å²) in [6.45, 7) is 2.00. The summed E-state index contributed by atoms with van der Waals surface area (Å²) in [6.07, 6.45) is 5.44. The van der Waals surface area contributed by atoms with Crippen LogP contribution < -0.4 is 5.56 Å². The predicted molar refractivity (Wildman–Crippen MR) is 99.2 cm³/mol. The van der Waals surface area contributed by atoms with E-state index in [9.17, 15) is 9.59 Å². The zero-order valence-corrected chi connectivity index (χ0v) is 15.3. The zero-order valence-electron chi connectivity index (χ0n) is 15.3. The van der Waals surface area contributed by atoms with Crippen LogP contribution in [0, 0.1) is 6.92 Å². The zero-order chi connectivity index (χ0) is 19.0. The highest BCUT2D eigenvalue weighted by Crippen LogP contribution is 2.33. The van der Waals surface area contributed by atoms with Crippen LogP contribution in [0.5, 0.6) is 0 Å². The van der Waals surface area contributed by atoms with E-state index in [2.05, 4.69) is 10.1 Å². The molecule has 3 aromatic heterocycles. The second-order valence-electron chi connectivity index (χ2n) is 6.87. The molecule has 138 valence electrons. The number of rotatable bonds is 5. The Balaban J connectivity index is 1.55. The van der Waals surface area contributed by atoms with E-state index >= 15 is 0 Å². The van der Waals surface area contributed by atoms with Crippen molar-refractivity contribution in [2.24, 2.45) is 0 Å². The lowest BCUT2D eigenvalue weighted by atomic mass is 10.1. The number of hydrogen-bond acceptors (Lipinski definition) is 5. The lowest BCUT2D eigenvalue weighted by Crippen LogP contribution is -2.34. The van der Waals surface area contributed by atoms with Gasteiger partial charge in [-0.1, -0.05) is 11.2 Å². The Bertz CT molecular complexity index is 1030. The van der Waals surface area contributed by atoms with Crippen molar-refractivity contribution in [3.05, 3.63) is 70.0 Å². The average Bonchev–Trinajstić information content (AvgIpc) is 3.40. The fourth-order valence-corrected chi connectivity index (χ4v) is 3.06. The molecule has 4 rings (SSSR count). The number of nitrogens with zero attached hydrogens (tertiary/aromatic N) is 4. The molecule has 1 amide bonds. The summed E-state index contributed by atoms with van der Waals surface area (Å²) in [5.41, 5.74) is 1.99. The third-order valence-corrected chi connectivity index (χ3v) is 4.71. The van der Waals surface area contributed by atoms with Crippen molar-refractivity contribution in [1.82, 2.24) is 19.6 Å². The third-order valence-electron chi connectivity index (χ3n) is 4.71. The molecule has 7 heteroatoms. The molecule has 1 aliphatic rings. The van der Waals surface area contributed by atoms with Gasteiger partial charge in [-0.3, -0.25) is 14.6 Å². The molecule has 0 aliphatic heterocycles. The molecule has 1 saturated carbocycles. The molecule has 0 atom stereocenters. The van der Waals surface area contributed by atoms with Gasteiger partial charge in [0.2, 0.25) is 0 Å². The minimum absolute atomic E-state index is 0.218. The Morgan fingerprint density at radius 3 is 2.81 bits per heavy atom. The van der Waals surface area contributed by atoms with Crippen LogP contribution in [0.4, 0.5) is 0 Å². The molecule has 0 saturated heterocycles. The van der Waals surface area contributed by atoms with Crippen LogP contribution in [-0.2, 0) is 6.54 Å². The van der Waals surface area contributed by atoms with Crippen molar-refractivity contribution in [3.8, 4) is 11.4 Å². The molecule has 7 nitrogen and oxygen atoms in total. The van der Waals surface area contributed by atoms with Crippen molar-refractivity contribution in [1.29, 1.82) is 0 Å². The third kappa shape index (κ3) is 3.40. The smallest absolute Gasteiger partial charge is 0.263 e. The number of amides is 1. The van der Waals surface area contributed by atoms with Crippen molar-refractivity contribution in [3.63, 3.8) is 0 Å². The number of carbonyl (C=O) groups is 1. The van der Waals surface area contributed by atoms with Gasteiger partial charge in [-0.25, -0.2) is 0 Å². The van der Waals surface area contributed by atoms with Crippen LogP contribution in [0.15, 0.2) is 52.0 Å². The molecule has 0 N–H and O–H groups in total. The summed E-state index contributed by atoms with van der Waals surface area (Å²) >= 11 is 0. The van der Waals surface area contributed by atoms with Gasteiger partial charge in [-0.2, -0.15) is 0 Å². The van der Waals surface area contributed by atoms with Crippen LogP contribution >= 0.6 is 0 Å². The van der Waals surface area contributed by atoms with E-state index in [4.69, 9.17) is 4.52 Å². The number of aryl methyl sites for hydroxylation is 1. The van der Waals surface area contributed by atoms with Gasteiger partial charge in [-0.15, -0.1) is 0 Å². The Morgan fingerprint density at radius 2 is 2.11 bits per heavy atom. The van der Waals surface area contributed by atoms with E-state index in [1.54, 1.807) is 37.0 Å². The fourth-order valence-electron chi connectivity index (χ4n) is 3.06. The summed E-state index contributed by atoms with van der Waals surface area (Å²) in [7, 11) is 1.65. The van der Waals surface area contributed by atoms with E-state index < -0.39 is 0 Å². The Morgan fingerprint density at radius 1 is 1.30 bits per heavy atom. The van der Waals surface area contributed by atoms with E-state index in [1.165, 1.54) is 4.90 Å². The highest BCUT2D eigenvalue weighted by molar-refractivity contribution is 5.95. The maximum Gasteiger partial charge on any atom is 0.263 e. The summed E-state index contributed by atoms with van der Waals surface area (Å²) in [4.78, 5) is 31.3.